The van der Waals surface area contributed by atoms with E-state index in [1.807, 2.05) is 12.3 Å². The zero-order valence-electron chi connectivity index (χ0n) is 13.4. The molecule has 1 heterocycles. The quantitative estimate of drug-likeness (QED) is 0.901. The number of rotatable bonds is 4. The molecule has 1 N–H and O–H groups in total. The molecule has 112 valence electrons. The second kappa shape index (κ2) is 6.66. The normalized spacial score (nSPS) is 23.8. The third-order valence-corrected chi connectivity index (χ3v) is 4.26. The summed E-state index contributed by atoms with van der Waals surface area (Å²) in [4.78, 5) is 9.33. The minimum Gasteiger partial charge on any atom is -0.306 e. The Hall–Kier alpha value is -0.960. The molecular formula is C17H29N3. The molecule has 20 heavy (non-hydrogen) atoms. The molecule has 0 saturated heterocycles. The molecule has 0 spiro atoms. The predicted octanol–water partition coefficient (Wildman–Crippen LogP) is 4.05. The average Bonchev–Trinajstić information content (AvgIpc) is 2.45. The predicted molar refractivity (Wildman–Crippen MR) is 83.6 cm³/mol. The Morgan fingerprint density at radius 2 is 2.10 bits per heavy atom. The third-order valence-electron chi connectivity index (χ3n) is 4.26. The summed E-state index contributed by atoms with van der Waals surface area (Å²) in [5.74, 6) is 2.51. The number of hydrogen-bond acceptors (Lipinski definition) is 3. The SMILES string of the molecule is CCC1CCCC(c2nccc(CNC(C)(C)C)n2)C1. The van der Waals surface area contributed by atoms with Crippen LogP contribution < -0.4 is 5.32 Å². The fourth-order valence-electron chi connectivity index (χ4n) is 2.96. The Morgan fingerprint density at radius 1 is 1.30 bits per heavy atom. The summed E-state index contributed by atoms with van der Waals surface area (Å²) in [6.45, 7) is 9.67. The van der Waals surface area contributed by atoms with Gasteiger partial charge >= 0.3 is 0 Å². The summed E-state index contributed by atoms with van der Waals surface area (Å²) < 4.78 is 0. The van der Waals surface area contributed by atoms with Gasteiger partial charge < -0.3 is 5.32 Å². The van der Waals surface area contributed by atoms with Crippen LogP contribution in [-0.2, 0) is 6.54 Å². The fourth-order valence-corrected chi connectivity index (χ4v) is 2.96. The van der Waals surface area contributed by atoms with Crippen LogP contribution in [0, 0.1) is 5.92 Å². The second-order valence-electron chi connectivity index (χ2n) is 7.15. The van der Waals surface area contributed by atoms with Crippen molar-refractivity contribution in [3.8, 4) is 0 Å². The van der Waals surface area contributed by atoms with E-state index in [4.69, 9.17) is 4.98 Å². The minimum absolute atomic E-state index is 0.128. The summed E-state index contributed by atoms with van der Waals surface area (Å²) in [5.41, 5.74) is 1.24. The molecule has 1 aliphatic carbocycles. The summed E-state index contributed by atoms with van der Waals surface area (Å²) in [7, 11) is 0. The molecule has 0 aliphatic heterocycles. The van der Waals surface area contributed by atoms with Gasteiger partial charge in [-0.3, -0.25) is 0 Å². The van der Waals surface area contributed by atoms with E-state index in [0.717, 1.165) is 24.0 Å². The molecule has 2 rings (SSSR count). The van der Waals surface area contributed by atoms with Crippen LogP contribution in [-0.4, -0.2) is 15.5 Å². The van der Waals surface area contributed by atoms with Crippen molar-refractivity contribution < 1.29 is 0 Å². The van der Waals surface area contributed by atoms with Crippen LogP contribution in [0.25, 0.3) is 0 Å². The van der Waals surface area contributed by atoms with Gasteiger partial charge in [0.15, 0.2) is 0 Å². The van der Waals surface area contributed by atoms with Crippen LogP contribution in [0.3, 0.4) is 0 Å². The van der Waals surface area contributed by atoms with E-state index in [9.17, 15) is 0 Å². The monoisotopic (exact) mass is 275 g/mol. The van der Waals surface area contributed by atoms with Crippen LogP contribution in [0.15, 0.2) is 12.3 Å². The molecule has 2 unspecified atom stereocenters. The Kier molecular flexibility index (Phi) is 5.14. The van der Waals surface area contributed by atoms with Gasteiger partial charge in [-0.1, -0.05) is 26.2 Å². The Morgan fingerprint density at radius 3 is 2.80 bits per heavy atom. The lowest BCUT2D eigenvalue weighted by Crippen LogP contribution is -2.35. The van der Waals surface area contributed by atoms with E-state index in [0.29, 0.717) is 5.92 Å². The molecule has 1 fully saturated rings. The second-order valence-corrected chi connectivity index (χ2v) is 7.15. The van der Waals surface area contributed by atoms with E-state index in [1.54, 1.807) is 0 Å². The topological polar surface area (TPSA) is 37.8 Å². The van der Waals surface area contributed by atoms with Gasteiger partial charge in [0.1, 0.15) is 5.82 Å². The summed E-state index contributed by atoms with van der Waals surface area (Å²) in [6, 6.07) is 2.03. The van der Waals surface area contributed by atoms with Crippen LogP contribution >= 0.6 is 0 Å². The van der Waals surface area contributed by atoms with Crippen LogP contribution in [0.4, 0.5) is 0 Å². The van der Waals surface area contributed by atoms with Gasteiger partial charge in [0, 0.05) is 24.2 Å². The molecule has 0 aromatic carbocycles. The maximum absolute atomic E-state index is 4.79. The lowest BCUT2D eigenvalue weighted by atomic mass is 9.80. The average molecular weight is 275 g/mol. The van der Waals surface area contributed by atoms with E-state index in [-0.39, 0.29) is 5.54 Å². The summed E-state index contributed by atoms with van der Waals surface area (Å²) in [5, 5.41) is 3.50. The van der Waals surface area contributed by atoms with E-state index < -0.39 is 0 Å². The standard InChI is InChI=1S/C17H29N3/c1-5-13-7-6-8-14(11-13)16-18-10-9-15(20-16)12-19-17(2,3)4/h9-10,13-14,19H,5-8,11-12H2,1-4H3. The van der Waals surface area contributed by atoms with E-state index >= 15 is 0 Å². The van der Waals surface area contributed by atoms with Gasteiger partial charge in [-0.05, 0) is 45.6 Å². The molecule has 0 radical (unpaired) electrons. The molecular weight excluding hydrogens is 246 g/mol. The van der Waals surface area contributed by atoms with E-state index in [1.165, 1.54) is 32.1 Å². The highest BCUT2D eigenvalue weighted by Crippen LogP contribution is 2.35. The first kappa shape index (κ1) is 15.4. The third kappa shape index (κ3) is 4.55. The molecule has 1 aliphatic rings. The summed E-state index contributed by atoms with van der Waals surface area (Å²) in [6.07, 6.45) is 8.47. The number of nitrogens with one attached hydrogen (secondary N) is 1. The van der Waals surface area contributed by atoms with Gasteiger partial charge in [0.25, 0.3) is 0 Å². The van der Waals surface area contributed by atoms with Gasteiger partial charge in [-0.2, -0.15) is 0 Å². The van der Waals surface area contributed by atoms with Crippen LogP contribution in [0.2, 0.25) is 0 Å². The Labute approximate surface area is 123 Å². The molecule has 2 atom stereocenters. The van der Waals surface area contributed by atoms with Crippen molar-refractivity contribution in [1.82, 2.24) is 15.3 Å². The Bertz CT molecular complexity index is 422. The molecule has 0 bridgehead atoms. The first-order chi connectivity index (χ1) is 9.48. The Balaban J connectivity index is 2.01. The lowest BCUT2D eigenvalue weighted by molar-refractivity contribution is 0.306. The van der Waals surface area contributed by atoms with Crippen molar-refractivity contribution in [3.05, 3.63) is 23.8 Å². The van der Waals surface area contributed by atoms with Crippen molar-refractivity contribution in [3.63, 3.8) is 0 Å². The highest BCUT2D eigenvalue weighted by atomic mass is 15.0. The van der Waals surface area contributed by atoms with Crippen molar-refractivity contribution in [2.45, 2.75) is 77.8 Å². The van der Waals surface area contributed by atoms with Gasteiger partial charge in [0.2, 0.25) is 0 Å². The zero-order chi connectivity index (χ0) is 14.6. The summed E-state index contributed by atoms with van der Waals surface area (Å²) >= 11 is 0. The van der Waals surface area contributed by atoms with E-state index in [2.05, 4.69) is 38.0 Å². The van der Waals surface area contributed by atoms with Crippen LogP contribution in [0.5, 0.6) is 0 Å². The first-order valence-electron chi connectivity index (χ1n) is 8.05. The van der Waals surface area contributed by atoms with Gasteiger partial charge in [-0.25, -0.2) is 9.97 Å². The highest BCUT2D eigenvalue weighted by molar-refractivity contribution is 5.07. The molecule has 1 aromatic rings. The molecule has 3 nitrogen and oxygen atoms in total. The van der Waals surface area contributed by atoms with Crippen molar-refractivity contribution in [2.24, 2.45) is 5.92 Å². The molecule has 1 aromatic heterocycles. The largest absolute Gasteiger partial charge is 0.306 e. The van der Waals surface area contributed by atoms with Crippen molar-refractivity contribution >= 4 is 0 Å². The van der Waals surface area contributed by atoms with Crippen molar-refractivity contribution in [2.75, 3.05) is 0 Å². The highest BCUT2D eigenvalue weighted by Gasteiger charge is 2.24. The zero-order valence-corrected chi connectivity index (χ0v) is 13.4. The number of nitrogens with zero attached hydrogens (tertiary/aromatic N) is 2. The number of hydrogen-bond donors (Lipinski definition) is 1. The molecule has 1 saturated carbocycles. The fraction of sp³-hybridized carbons (Fsp3) is 0.765. The first-order valence-corrected chi connectivity index (χ1v) is 8.05. The van der Waals surface area contributed by atoms with Crippen molar-refractivity contribution in [1.29, 1.82) is 0 Å². The smallest absolute Gasteiger partial charge is 0.131 e. The molecule has 0 amide bonds. The van der Waals surface area contributed by atoms with Gasteiger partial charge in [-0.15, -0.1) is 0 Å². The maximum Gasteiger partial charge on any atom is 0.131 e. The molecule has 3 heteroatoms. The minimum atomic E-state index is 0.128. The maximum atomic E-state index is 4.79. The number of aromatic nitrogens is 2. The van der Waals surface area contributed by atoms with Crippen LogP contribution in [0.1, 0.15) is 77.2 Å². The lowest BCUT2D eigenvalue weighted by Gasteiger charge is -2.27. The van der Waals surface area contributed by atoms with Gasteiger partial charge in [0.05, 0.1) is 5.69 Å².